The lowest BCUT2D eigenvalue weighted by molar-refractivity contribution is -0.111. The molecule has 7 nitrogen and oxygen atoms in total. The highest BCUT2D eigenvalue weighted by atomic mass is 32.1. The maximum absolute atomic E-state index is 12.5. The van der Waals surface area contributed by atoms with Gasteiger partial charge in [-0.25, -0.2) is 4.98 Å². The third-order valence-electron chi connectivity index (χ3n) is 5.38. The van der Waals surface area contributed by atoms with Crippen LogP contribution in [0.2, 0.25) is 0 Å². The monoisotopic (exact) mass is 464 g/mol. The van der Waals surface area contributed by atoms with Gasteiger partial charge in [-0.3, -0.25) is 10.1 Å². The van der Waals surface area contributed by atoms with Gasteiger partial charge < -0.3 is 18.6 Å². The molecule has 2 aromatic carbocycles. The van der Waals surface area contributed by atoms with Gasteiger partial charge in [-0.05, 0) is 43.7 Å². The van der Waals surface area contributed by atoms with Crippen molar-refractivity contribution in [2.24, 2.45) is 0 Å². The Bertz CT molecular complexity index is 1340. The molecule has 0 saturated heterocycles. The van der Waals surface area contributed by atoms with Gasteiger partial charge in [0.1, 0.15) is 22.8 Å². The average Bonchev–Trinajstić information content (AvgIpc) is 3.48. The number of furan rings is 1. The van der Waals surface area contributed by atoms with Crippen molar-refractivity contribution in [2.75, 3.05) is 26.6 Å². The number of benzene rings is 2. The highest BCUT2D eigenvalue weighted by Crippen LogP contribution is 2.43. The van der Waals surface area contributed by atoms with Gasteiger partial charge in [0.15, 0.2) is 5.13 Å². The predicted molar refractivity (Wildman–Crippen MR) is 130 cm³/mol. The molecular formula is C25H24N2O5S. The molecule has 0 spiro atoms. The van der Waals surface area contributed by atoms with Crippen LogP contribution >= 0.6 is 11.3 Å². The third-order valence-corrected chi connectivity index (χ3v) is 6.07. The van der Waals surface area contributed by atoms with E-state index in [0.717, 1.165) is 33.2 Å². The molecule has 0 saturated carbocycles. The summed E-state index contributed by atoms with van der Waals surface area (Å²) in [5.41, 5.74) is 4.78. The molecule has 0 unspecified atom stereocenters. The van der Waals surface area contributed by atoms with Gasteiger partial charge in [0, 0.05) is 45.3 Å². The van der Waals surface area contributed by atoms with Gasteiger partial charge in [-0.1, -0.05) is 0 Å². The number of anilines is 1. The summed E-state index contributed by atoms with van der Waals surface area (Å²) in [7, 11) is 4.86. The number of nitrogens with one attached hydrogen (secondary N) is 1. The van der Waals surface area contributed by atoms with Crippen molar-refractivity contribution in [1.29, 1.82) is 0 Å². The van der Waals surface area contributed by atoms with Gasteiger partial charge in [-0.2, -0.15) is 0 Å². The Balaban J connectivity index is 1.85. The van der Waals surface area contributed by atoms with Crippen LogP contribution in [0.4, 0.5) is 5.13 Å². The van der Waals surface area contributed by atoms with Crippen LogP contribution < -0.4 is 19.5 Å². The van der Waals surface area contributed by atoms with E-state index in [1.807, 2.05) is 38.1 Å². The molecule has 4 rings (SSSR count). The van der Waals surface area contributed by atoms with Crippen LogP contribution in [0.3, 0.4) is 0 Å². The Morgan fingerprint density at radius 3 is 2.61 bits per heavy atom. The standard InChI is InChI=1S/C25H24N2O5S/c1-14(10-22(28)27-25-26-8-9-33-25)17-12-19-20(13-32-24(19)15(2)23(17)31-5)18-11-16(29-3)6-7-21(18)30-4/h6-13H,1-5H3,(H,26,27,28)/b14-10+. The molecule has 0 aliphatic carbocycles. The van der Waals surface area contributed by atoms with Crippen LogP contribution in [-0.4, -0.2) is 32.2 Å². The summed E-state index contributed by atoms with van der Waals surface area (Å²) in [6.45, 7) is 3.81. The Hall–Kier alpha value is -3.78. The first-order chi connectivity index (χ1) is 16.0. The van der Waals surface area contributed by atoms with Crippen molar-refractivity contribution >= 4 is 38.9 Å². The van der Waals surface area contributed by atoms with E-state index in [4.69, 9.17) is 18.6 Å². The number of rotatable bonds is 7. The second-order valence-corrected chi connectivity index (χ2v) is 8.22. The van der Waals surface area contributed by atoms with Gasteiger partial charge in [0.25, 0.3) is 0 Å². The lowest BCUT2D eigenvalue weighted by Crippen LogP contribution is -2.08. The van der Waals surface area contributed by atoms with E-state index in [2.05, 4.69) is 10.3 Å². The molecule has 1 amide bonds. The number of carbonyl (C=O) groups excluding carboxylic acids is 1. The number of aromatic nitrogens is 1. The first-order valence-corrected chi connectivity index (χ1v) is 11.0. The van der Waals surface area contributed by atoms with E-state index in [-0.39, 0.29) is 5.91 Å². The molecule has 8 heteroatoms. The van der Waals surface area contributed by atoms with Crippen LogP contribution in [-0.2, 0) is 4.79 Å². The molecular weight excluding hydrogens is 440 g/mol. The molecule has 170 valence electrons. The van der Waals surface area contributed by atoms with Crippen LogP contribution in [0, 0.1) is 6.92 Å². The minimum atomic E-state index is -0.260. The first kappa shape index (κ1) is 22.4. The molecule has 4 aromatic rings. The highest BCUT2D eigenvalue weighted by molar-refractivity contribution is 7.13. The molecule has 33 heavy (non-hydrogen) atoms. The largest absolute Gasteiger partial charge is 0.497 e. The molecule has 0 fully saturated rings. The lowest BCUT2D eigenvalue weighted by Gasteiger charge is -2.14. The van der Waals surface area contributed by atoms with Crippen molar-refractivity contribution in [3.8, 4) is 28.4 Å². The topological polar surface area (TPSA) is 82.8 Å². The van der Waals surface area contributed by atoms with E-state index >= 15 is 0 Å². The van der Waals surface area contributed by atoms with Crippen molar-refractivity contribution < 1.29 is 23.4 Å². The Morgan fingerprint density at radius 2 is 1.94 bits per heavy atom. The number of hydrogen-bond acceptors (Lipinski definition) is 7. The van der Waals surface area contributed by atoms with Crippen molar-refractivity contribution in [1.82, 2.24) is 4.98 Å². The molecule has 2 heterocycles. The number of aryl methyl sites for hydroxylation is 1. The lowest BCUT2D eigenvalue weighted by atomic mass is 9.96. The number of thiazole rings is 1. The van der Waals surface area contributed by atoms with E-state index in [1.165, 1.54) is 17.4 Å². The number of amides is 1. The smallest absolute Gasteiger partial charge is 0.250 e. The van der Waals surface area contributed by atoms with Crippen LogP contribution in [0.1, 0.15) is 18.1 Å². The first-order valence-electron chi connectivity index (χ1n) is 10.2. The number of nitrogens with zero attached hydrogens (tertiary/aromatic N) is 1. The van der Waals surface area contributed by atoms with Crippen LogP contribution in [0.25, 0.3) is 27.7 Å². The summed E-state index contributed by atoms with van der Waals surface area (Å²) in [6, 6.07) is 7.59. The van der Waals surface area contributed by atoms with Crippen molar-refractivity contribution in [3.63, 3.8) is 0 Å². The summed E-state index contributed by atoms with van der Waals surface area (Å²) < 4.78 is 22.6. The van der Waals surface area contributed by atoms with E-state index in [1.54, 1.807) is 39.2 Å². The zero-order valence-corrected chi connectivity index (χ0v) is 19.8. The summed E-state index contributed by atoms with van der Waals surface area (Å²) in [6.07, 6.45) is 4.88. The van der Waals surface area contributed by atoms with E-state index in [0.29, 0.717) is 28.0 Å². The molecule has 0 bridgehead atoms. The Morgan fingerprint density at radius 1 is 1.12 bits per heavy atom. The number of ether oxygens (including phenoxy) is 3. The fraction of sp³-hybridized carbons (Fsp3) is 0.200. The minimum absolute atomic E-state index is 0.260. The SMILES string of the molecule is COc1ccc(OC)c(-c2coc3c(C)c(OC)c(/C(C)=C/C(=O)Nc4nccs4)cc23)c1. The van der Waals surface area contributed by atoms with Gasteiger partial charge in [-0.15, -0.1) is 11.3 Å². The van der Waals surface area contributed by atoms with Crippen molar-refractivity contribution in [3.05, 3.63) is 59.3 Å². The number of hydrogen-bond donors (Lipinski definition) is 1. The Labute approximate surface area is 195 Å². The van der Waals surface area contributed by atoms with Gasteiger partial charge >= 0.3 is 0 Å². The quantitative estimate of drug-likeness (QED) is 0.341. The summed E-state index contributed by atoms with van der Waals surface area (Å²) in [4.78, 5) is 16.6. The predicted octanol–water partition coefficient (Wildman–Crippen LogP) is 5.93. The summed E-state index contributed by atoms with van der Waals surface area (Å²) >= 11 is 1.36. The fourth-order valence-corrected chi connectivity index (χ4v) is 4.34. The van der Waals surface area contributed by atoms with E-state index < -0.39 is 0 Å². The maximum Gasteiger partial charge on any atom is 0.250 e. The zero-order valence-electron chi connectivity index (χ0n) is 19.0. The Kier molecular flexibility index (Phi) is 6.37. The minimum Gasteiger partial charge on any atom is -0.497 e. The number of fused-ring (bicyclic) bond motifs is 1. The van der Waals surface area contributed by atoms with Gasteiger partial charge in [0.05, 0.1) is 27.6 Å². The fourth-order valence-electron chi connectivity index (χ4n) is 3.81. The zero-order chi connectivity index (χ0) is 23.5. The van der Waals surface area contributed by atoms with Gasteiger partial charge in [0.2, 0.25) is 5.91 Å². The molecule has 1 N–H and O–H groups in total. The van der Waals surface area contributed by atoms with Crippen LogP contribution in [0.5, 0.6) is 17.2 Å². The number of carbonyl (C=O) groups is 1. The highest BCUT2D eigenvalue weighted by Gasteiger charge is 2.20. The maximum atomic E-state index is 12.5. The molecule has 0 aliphatic heterocycles. The molecule has 0 aliphatic rings. The van der Waals surface area contributed by atoms with Crippen LogP contribution in [0.15, 0.2) is 52.6 Å². The summed E-state index contributed by atoms with van der Waals surface area (Å²) in [5, 5.41) is 6.00. The van der Waals surface area contributed by atoms with E-state index in [9.17, 15) is 4.79 Å². The second-order valence-electron chi connectivity index (χ2n) is 7.33. The van der Waals surface area contributed by atoms with Crippen molar-refractivity contribution in [2.45, 2.75) is 13.8 Å². The number of methoxy groups -OCH3 is 3. The molecule has 0 radical (unpaired) electrons. The average molecular weight is 465 g/mol. The second kappa shape index (κ2) is 9.38. The number of allylic oxidation sites excluding steroid dienone is 1. The third kappa shape index (κ3) is 4.29. The molecule has 0 atom stereocenters. The normalized spacial score (nSPS) is 11.5. The molecule has 2 aromatic heterocycles. The summed E-state index contributed by atoms with van der Waals surface area (Å²) in [5.74, 6) is 1.80.